The van der Waals surface area contributed by atoms with E-state index >= 15 is 0 Å². The normalized spacial score (nSPS) is 25.5. The maximum atomic E-state index is 13.5. The first-order chi connectivity index (χ1) is 53.3. The van der Waals surface area contributed by atoms with Crippen molar-refractivity contribution in [3.63, 3.8) is 0 Å². The van der Waals surface area contributed by atoms with Crippen molar-refractivity contribution in [2.45, 2.75) is 491 Å². The highest BCUT2D eigenvalue weighted by Crippen LogP contribution is 2.34. The van der Waals surface area contributed by atoms with Crippen LogP contribution in [0.5, 0.6) is 0 Å². The standard InChI is InChI=1S/C90H167NO18/c1-3-5-7-9-11-13-15-17-19-21-23-25-27-29-31-33-35-36-38-39-41-43-45-47-49-51-53-55-57-59-61-63-65-67-74(95)73(91-78(96)68-66-64-62-60-58-56-54-52-50-48-46-44-42-40-37-34-32-30-28-26-24-22-20-18-16-14-12-10-8-6-4-2)72-104-88-84(102)81(99)86(76(70-93)106-88)109-90-85(103)82(100)87(77(71-94)107-90)108-89-83(101)80(98)79(97)75(69-92)105-89/h16,18,22,24,57,59,65,67,73-77,79-90,92-95,97-103H,3-15,17,19-21,23,25-56,58,60-64,66,68-72H2,1-2H3,(H,91,96)/b18-16-,24-22-,59-57+,67-65+. The molecular weight excluding hydrogens is 1380 g/mol. The van der Waals surface area contributed by atoms with Crippen LogP contribution in [0, 0.1) is 0 Å². The monoisotopic (exact) mass is 1550 g/mol. The van der Waals surface area contributed by atoms with Crippen molar-refractivity contribution in [3.05, 3.63) is 48.6 Å². The van der Waals surface area contributed by atoms with Gasteiger partial charge in [-0.25, -0.2) is 0 Å². The van der Waals surface area contributed by atoms with Crippen LogP contribution in [0.2, 0.25) is 0 Å². The predicted molar refractivity (Wildman–Crippen MR) is 439 cm³/mol. The van der Waals surface area contributed by atoms with Gasteiger partial charge in [0.25, 0.3) is 0 Å². The molecule has 109 heavy (non-hydrogen) atoms. The minimum atomic E-state index is -1.98. The van der Waals surface area contributed by atoms with E-state index in [4.69, 9.17) is 28.4 Å². The fourth-order valence-corrected chi connectivity index (χ4v) is 15.4. The molecule has 0 bridgehead atoms. The number of amides is 1. The first-order valence-corrected chi connectivity index (χ1v) is 45.4. The highest BCUT2D eigenvalue weighted by molar-refractivity contribution is 5.76. The quantitative estimate of drug-likeness (QED) is 0.0199. The predicted octanol–water partition coefficient (Wildman–Crippen LogP) is 17.2. The molecule has 0 aromatic carbocycles. The number of aliphatic hydroxyl groups is 11. The van der Waals surface area contributed by atoms with Crippen LogP contribution in [0.4, 0.5) is 0 Å². The lowest BCUT2D eigenvalue weighted by Crippen LogP contribution is -2.66. The summed E-state index contributed by atoms with van der Waals surface area (Å²) in [6.45, 7) is 1.77. The summed E-state index contributed by atoms with van der Waals surface area (Å²) in [6, 6.07) is -0.992. The van der Waals surface area contributed by atoms with Crippen LogP contribution >= 0.6 is 0 Å². The van der Waals surface area contributed by atoms with Gasteiger partial charge in [-0.15, -0.1) is 0 Å². The molecule has 0 saturated carbocycles. The van der Waals surface area contributed by atoms with Crippen LogP contribution in [-0.2, 0) is 33.2 Å². The van der Waals surface area contributed by atoms with Gasteiger partial charge in [-0.3, -0.25) is 4.79 Å². The van der Waals surface area contributed by atoms with Crippen molar-refractivity contribution in [1.82, 2.24) is 5.32 Å². The topological polar surface area (TPSA) is 307 Å². The summed E-state index contributed by atoms with van der Waals surface area (Å²) in [4.78, 5) is 13.5. The van der Waals surface area contributed by atoms with Crippen molar-refractivity contribution < 1.29 is 89.4 Å². The van der Waals surface area contributed by atoms with Gasteiger partial charge in [-0.2, -0.15) is 0 Å². The Morgan fingerprint density at radius 3 is 0.972 bits per heavy atom. The summed E-state index contributed by atoms with van der Waals surface area (Å²) in [7, 11) is 0. The zero-order valence-electron chi connectivity index (χ0n) is 69.1. The lowest BCUT2D eigenvalue weighted by molar-refractivity contribution is -0.379. The SMILES string of the molecule is CCCCCCC/C=C\C/C=C\CCCCCCCCCCCCCCCCCCCCCC(=O)NC(COC1OC(CO)C(OC2OC(CO)C(OC3OC(CO)C(O)C(O)C3O)C(O)C2O)C(O)C1O)C(O)/C=C/CC/C=C/CCCCCCCCCCCCCCCCCCCCCCCCCCCCC. The Bertz CT molecular complexity index is 2150. The second-order valence-corrected chi connectivity index (χ2v) is 32.4. The molecule has 3 aliphatic heterocycles. The minimum Gasteiger partial charge on any atom is -0.394 e. The van der Waals surface area contributed by atoms with Gasteiger partial charge >= 0.3 is 0 Å². The van der Waals surface area contributed by atoms with E-state index in [1.807, 2.05) is 6.08 Å². The second-order valence-electron chi connectivity index (χ2n) is 32.4. The summed E-state index contributed by atoms with van der Waals surface area (Å²) in [5.74, 6) is -0.279. The van der Waals surface area contributed by atoms with Gasteiger partial charge in [0, 0.05) is 6.42 Å². The van der Waals surface area contributed by atoms with Crippen LogP contribution in [0.25, 0.3) is 0 Å². The number of carbonyl (C=O) groups excluding carboxylic acids is 1. The molecule has 1 amide bonds. The van der Waals surface area contributed by atoms with Crippen LogP contribution in [0.3, 0.4) is 0 Å². The van der Waals surface area contributed by atoms with Gasteiger partial charge in [-0.05, 0) is 64.2 Å². The molecule has 3 fully saturated rings. The van der Waals surface area contributed by atoms with Crippen molar-refractivity contribution in [2.75, 3.05) is 26.4 Å². The fraction of sp³-hybridized carbons (Fsp3) is 0.900. The summed E-state index contributed by atoms with van der Waals surface area (Å²) < 4.78 is 34.5. The average Bonchev–Trinajstić information content (AvgIpc) is 0.782. The van der Waals surface area contributed by atoms with E-state index in [2.05, 4.69) is 55.6 Å². The first-order valence-electron chi connectivity index (χ1n) is 45.4. The Labute approximate surface area is 663 Å². The van der Waals surface area contributed by atoms with Gasteiger partial charge in [0.05, 0.1) is 38.6 Å². The number of ether oxygens (including phenoxy) is 6. The molecule has 0 aliphatic carbocycles. The van der Waals surface area contributed by atoms with E-state index in [0.717, 1.165) is 44.9 Å². The van der Waals surface area contributed by atoms with Crippen molar-refractivity contribution >= 4 is 5.91 Å². The molecule has 0 spiro atoms. The van der Waals surface area contributed by atoms with Gasteiger partial charge < -0.3 is 89.9 Å². The zero-order valence-corrected chi connectivity index (χ0v) is 69.1. The van der Waals surface area contributed by atoms with Crippen LogP contribution in [0.1, 0.15) is 386 Å². The van der Waals surface area contributed by atoms with Gasteiger partial charge in [0.1, 0.15) is 73.2 Å². The largest absolute Gasteiger partial charge is 0.394 e. The van der Waals surface area contributed by atoms with Gasteiger partial charge in [0.2, 0.25) is 5.91 Å². The molecule has 3 saturated heterocycles. The molecule has 640 valence electrons. The third-order valence-electron chi connectivity index (χ3n) is 22.6. The second kappa shape index (κ2) is 70.0. The van der Waals surface area contributed by atoms with E-state index in [1.54, 1.807) is 6.08 Å². The zero-order chi connectivity index (χ0) is 78.8. The van der Waals surface area contributed by atoms with E-state index in [-0.39, 0.29) is 18.9 Å². The fourth-order valence-electron chi connectivity index (χ4n) is 15.4. The van der Waals surface area contributed by atoms with E-state index in [0.29, 0.717) is 12.8 Å². The molecule has 3 heterocycles. The van der Waals surface area contributed by atoms with Gasteiger partial charge in [0.15, 0.2) is 18.9 Å². The molecule has 3 rings (SSSR count). The number of carbonyl (C=O) groups is 1. The number of nitrogens with one attached hydrogen (secondary N) is 1. The summed E-state index contributed by atoms with van der Waals surface area (Å²) in [5, 5.41) is 121. The number of hydrogen-bond acceptors (Lipinski definition) is 18. The minimum absolute atomic E-state index is 0.238. The molecule has 19 nitrogen and oxygen atoms in total. The highest BCUT2D eigenvalue weighted by Gasteiger charge is 2.54. The molecule has 17 unspecified atom stereocenters. The first kappa shape index (κ1) is 101. The number of aliphatic hydroxyl groups excluding tert-OH is 11. The number of rotatable bonds is 74. The van der Waals surface area contributed by atoms with Crippen LogP contribution in [0.15, 0.2) is 48.6 Å². The van der Waals surface area contributed by atoms with Gasteiger partial charge in [-0.1, -0.05) is 364 Å². The number of unbranched alkanes of at least 4 members (excludes halogenated alkanes) is 52. The Morgan fingerprint density at radius 2 is 0.615 bits per heavy atom. The molecular formula is C90H167NO18. The van der Waals surface area contributed by atoms with Crippen molar-refractivity contribution in [1.29, 1.82) is 0 Å². The van der Waals surface area contributed by atoms with Crippen molar-refractivity contribution in [2.24, 2.45) is 0 Å². The summed E-state index contributed by atoms with van der Waals surface area (Å²) >= 11 is 0. The molecule has 19 heteroatoms. The Morgan fingerprint density at radius 1 is 0.330 bits per heavy atom. The summed E-state index contributed by atoms with van der Waals surface area (Å²) in [5.41, 5.74) is 0. The van der Waals surface area contributed by atoms with Crippen molar-refractivity contribution in [3.8, 4) is 0 Å². The van der Waals surface area contributed by atoms with E-state index < -0.39 is 124 Å². The van der Waals surface area contributed by atoms with Crippen LogP contribution < -0.4 is 5.32 Å². The van der Waals surface area contributed by atoms with E-state index in [1.165, 1.54) is 308 Å². The molecule has 12 N–H and O–H groups in total. The lowest BCUT2D eigenvalue weighted by atomic mass is 9.96. The molecule has 3 aliphatic rings. The Balaban J connectivity index is 1.34. The third kappa shape index (κ3) is 48.8. The molecule has 17 atom stereocenters. The van der Waals surface area contributed by atoms with Crippen LogP contribution in [-0.4, -0.2) is 193 Å². The maximum Gasteiger partial charge on any atom is 0.220 e. The number of hydrogen-bond donors (Lipinski definition) is 12. The smallest absolute Gasteiger partial charge is 0.220 e. The Hall–Kier alpha value is -2.25. The maximum absolute atomic E-state index is 13.5. The number of allylic oxidation sites excluding steroid dienone is 7. The highest BCUT2D eigenvalue weighted by atomic mass is 16.8. The lowest BCUT2D eigenvalue weighted by Gasteiger charge is -2.48. The molecule has 0 aromatic heterocycles. The Kier molecular flexibility index (Phi) is 64.8. The molecule has 0 radical (unpaired) electrons. The summed E-state index contributed by atoms with van der Waals surface area (Å²) in [6.07, 6.45) is 64.1. The average molecular weight is 1550 g/mol. The third-order valence-corrected chi connectivity index (χ3v) is 22.6. The molecule has 0 aromatic rings. The van der Waals surface area contributed by atoms with E-state index in [9.17, 15) is 61.0 Å².